The molecule has 0 bridgehead atoms. The van der Waals surface area contributed by atoms with Crippen molar-refractivity contribution in [3.05, 3.63) is 0 Å². The summed E-state index contributed by atoms with van der Waals surface area (Å²) in [5.74, 6) is 0.466. The van der Waals surface area contributed by atoms with Gasteiger partial charge in [0.15, 0.2) is 0 Å². The normalized spacial score (nSPS) is 19.2. The molecule has 0 radical (unpaired) electrons. The van der Waals surface area contributed by atoms with E-state index < -0.39 is 0 Å². The van der Waals surface area contributed by atoms with E-state index in [1.54, 1.807) is 0 Å². The highest BCUT2D eigenvalue weighted by Crippen LogP contribution is 2.11. The van der Waals surface area contributed by atoms with E-state index in [1.807, 2.05) is 18.7 Å². The Morgan fingerprint density at radius 3 is 2.75 bits per heavy atom. The SMILES string of the molecule is CCOCCN(CC)C(=O)[C@H]1CCNC1.Cl. The molecule has 1 heterocycles. The second-order valence-corrected chi connectivity index (χ2v) is 3.80. The summed E-state index contributed by atoms with van der Waals surface area (Å²) < 4.78 is 5.27. The van der Waals surface area contributed by atoms with Crippen LogP contribution in [0, 0.1) is 5.92 Å². The zero-order chi connectivity index (χ0) is 11.1. The maximum atomic E-state index is 12.0. The van der Waals surface area contributed by atoms with Crippen LogP contribution in [0.5, 0.6) is 0 Å². The summed E-state index contributed by atoms with van der Waals surface area (Å²) in [6.07, 6.45) is 0.976. The molecule has 0 unspecified atom stereocenters. The standard InChI is InChI=1S/C11H22N2O2.ClH/c1-3-13(7-8-15-4-2)11(14)10-5-6-12-9-10;/h10,12H,3-9H2,1-2H3;1H/t10-;/m0./s1. The van der Waals surface area contributed by atoms with Gasteiger partial charge in [-0.3, -0.25) is 4.79 Å². The summed E-state index contributed by atoms with van der Waals surface area (Å²) >= 11 is 0. The van der Waals surface area contributed by atoms with Gasteiger partial charge in [-0.25, -0.2) is 0 Å². The minimum absolute atomic E-state index is 0. The summed E-state index contributed by atoms with van der Waals surface area (Å²) in [5.41, 5.74) is 0. The first-order valence-corrected chi connectivity index (χ1v) is 5.86. The molecule has 1 N–H and O–H groups in total. The van der Waals surface area contributed by atoms with Crippen LogP contribution in [0.1, 0.15) is 20.3 Å². The van der Waals surface area contributed by atoms with Crippen LogP contribution < -0.4 is 5.32 Å². The van der Waals surface area contributed by atoms with Gasteiger partial charge in [0.05, 0.1) is 12.5 Å². The maximum Gasteiger partial charge on any atom is 0.227 e. The Kier molecular flexibility index (Phi) is 8.61. The molecule has 96 valence electrons. The number of carbonyl (C=O) groups excluding carboxylic acids is 1. The van der Waals surface area contributed by atoms with Gasteiger partial charge in [0.1, 0.15) is 0 Å². The number of halogens is 1. The van der Waals surface area contributed by atoms with Crippen molar-refractivity contribution in [2.45, 2.75) is 20.3 Å². The fourth-order valence-corrected chi connectivity index (χ4v) is 1.87. The highest BCUT2D eigenvalue weighted by Gasteiger charge is 2.25. The van der Waals surface area contributed by atoms with Gasteiger partial charge in [-0.2, -0.15) is 0 Å². The van der Waals surface area contributed by atoms with E-state index in [2.05, 4.69) is 5.32 Å². The number of nitrogens with zero attached hydrogens (tertiary/aromatic N) is 1. The molecular formula is C11H23ClN2O2. The average Bonchev–Trinajstić information content (AvgIpc) is 2.77. The molecule has 0 aromatic carbocycles. The number of amides is 1. The lowest BCUT2D eigenvalue weighted by Gasteiger charge is -2.23. The van der Waals surface area contributed by atoms with Crippen LogP contribution in [0.15, 0.2) is 0 Å². The molecule has 1 rings (SSSR count). The van der Waals surface area contributed by atoms with E-state index in [-0.39, 0.29) is 24.2 Å². The lowest BCUT2D eigenvalue weighted by Crippen LogP contribution is -2.39. The maximum absolute atomic E-state index is 12.0. The van der Waals surface area contributed by atoms with Gasteiger partial charge in [0, 0.05) is 26.2 Å². The molecule has 1 aliphatic heterocycles. The van der Waals surface area contributed by atoms with Crippen molar-refractivity contribution in [1.82, 2.24) is 10.2 Å². The number of rotatable bonds is 6. The van der Waals surface area contributed by atoms with Crippen LogP contribution in [0.2, 0.25) is 0 Å². The van der Waals surface area contributed by atoms with Crippen LogP contribution in [-0.4, -0.2) is 50.2 Å². The Morgan fingerprint density at radius 2 is 2.25 bits per heavy atom. The zero-order valence-corrected chi connectivity index (χ0v) is 11.0. The lowest BCUT2D eigenvalue weighted by atomic mass is 10.1. The topological polar surface area (TPSA) is 41.6 Å². The molecule has 1 fully saturated rings. The molecule has 0 aliphatic carbocycles. The first-order chi connectivity index (χ1) is 7.29. The van der Waals surface area contributed by atoms with Crippen LogP contribution in [0.3, 0.4) is 0 Å². The van der Waals surface area contributed by atoms with E-state index in [1.165, 1.54) is 0 Å². The molecule has 16 heavy (non-hydrogen) atoms. The minimum Gasteiger partial charge on any atom is -0.380 e. The quantitative estimate of drug-likeness (QED) is 0.713. The van der Waals surface area contributed by atoms with Crippen molar-refractivity contribution in [3.8, 4) is 0 Å². The molecule has 1 atom stereocenters. The van der Waals surface area contributed by atoms with Gasteiger partial charge in [0.25, 0.3) is 0 Å². The largest absolute Gasteiger partial charge is 0.380 e. The second kappa shape index (κ2) is 8.79. The highest BCUT2D eigenvalue weighted by molar-refractivity contribution is 5.85. The van der Waals surface area contributed by atoms with E-state index in [4.69, 9.17) is 4.74 Å². The number of nitrogens with one attached hydrogen (secondary N) is 1. The number of ether oxygens (including phenoxy) is 1. The fourth-order valence-electron chi connectivity index (χ4n) is 1.87. The number of likely N-dealkylation sites (N-methyl/N-ethyl adjacent to an activating group) is 1. The van der Waals surface area contributed by atoms with Gasteiger partial charge in [0.2, 0.25) is 5.91 Å². The van der Waals surface area contributed by atoms with Crippen LogP contribution in [-0.2, 0) is 9.53 Å². The molecular weight excluding hydrogens is 228 g/mol. The Balaban J connectivity index is 0.00000225. The van der Waals surface area contributed by atoms with Crippen molar-refractivity contribution >= 4 is 18.3 Å². The van der Waals surface area contributed by atoms with E-state index in [0.29, 0.717) is 6.61 Å². The van der Waals surface area contributed by atoms with Crippen molar-refractivity contribution in [3.63, 3.8) is 0 Å². The van der Waals surface area contributed by atoms with Crippen molar-refractivity contribution in [2.75, 3.05) is 39.4 Å². The monoisotopic (exact) mass is 250 g/mol. The second-order valence-electron chi connectivity index (χ2n) is 3.80. The molecule has 0 saturated carbocycles. The Labute approximate surface area is 104 Å². The van der Waals surface area contributed by atoms with Gasteiger partial charge < -0.3 is 15.0 Å². The average molecular weight is 251 g/mol. The molecule has 1 amide bonds. The van der Waals surface area contributed by atoms with E-state index in [0.717, 1.165) is 39.2 Å². The summed E-state index contributed by atoms with van der Waals surface area (Å²) in [6.45, 7) is 8.67. The third-order valence-electron chi connectivity index (χ3n) is 2.81. The smallest absolute Gasteiger partial charge is 0.227 e. The van der Waals surface area contributed by atoms with Crippen molar-refractivity contribution in [1.29, 1.82) is 0 Å². The van der Waals surface area contributed by atoms with Crippen LogP contribution >= 0.6 is 12.4 Å². The van der Waals surface area contributed by atoms with Crippen molar-refractivity contribution in [2.24, 2.45) is 5.92 Å². The van der Waals surface area contributed by atoms with Crippen molar-refractivity contribution < 1.29 is 9.53 Å². The molecule has 1 saturated heterocycles. The highest BCUT2D eigenvalue weighted by atomic mass is 35.5. The molecule has 0 aromatic heterocycles. The predicted molar refractivity (Wildman–Crippen MR) is 67.0 cm³/mol. The van der Waals surface area contributed by atoms with Gasteiger partial charge in [-0.15, -0.1) is 12.4 Å². The Hall–Kier alpha value is -0.320. The molecule has 0 aromatic rings. The first-order valence-electron chi connectivity index (χ1n) is 5.86. The third-order valence-corrected chi connectivity index (χ3v) is 2.81. The molecule has 0 spiro atoms. The van der Waals surface area contributed by atoms with Gasteiger partial charge in [-0.1, -0.05) is 0 Å². The molecule has 1 aliphatic rings. The van der Waals surface area contributed by atoms with E-state index >= 15 is 0 Å². The third kappa shape index (κ3) is 4.68. The Morgan fingerprint density at radius 1 is 1.50 bits per heavy atom. The fraction of sp³-hybridized carbons (Fsp3) is 0.909. The van der Waals surface area contributed by atoms with Gasteiger partial charge in [-0.05, 0) is 26.8 Å². The summed E-state index contributed by atoms with van der Waals surface area (Å²) in [7, 11) is 0. The van der Waals surface area contributed by atoms with Crippen LogP contribution in [0.4, 0.5) is 0 Å². The zero-order valence-electron chi connectivity index (χ0n) is 10.2. The number of hydrogen-bond acceptors (Lipinski definition) is 3. The van der Waals surface area contributed by atoms with E-state index in [9.17, 15) is 4.79 Å². The molecule has 4 nitrogen and oxygen atoms in total. The lowest BCUT2D eigenvalue weighted by molar-refractivity contribution is -0.135. The Bertz CT molecular complexity index is 196. The minimum atomic E-state index is 0. The number of hydrogen-bond donors (Lipinski definition) is 1. The molecule has 5 heteroatoms. The predicted octanol–water partition coefficient (Wildman–Crippen LogP) is 0.903. The summed E-state index contributed by atoms with van der Waals surface area (Å²) in [5, 5.41) is 3.22. The first kappa shape index (κ1) is 15.7. The van der Waals surface area contributed by atoms with Gasteiger partial charge >= 0.3 is 0 Å². The number of carbonyl (C=O) groups is 1. The summed E-state index contributed by atoms with van der Waals surface area (Å²) in [6, 6.07) is 0. The van der Waals surface area contributed by atoms with Crippen LogP contribution in [0.25, 0.3) is 0 Å². The summed E-state index contributed by atoms with van der Waals surface area (Å²) in [4.78, 5) is 13.9.